The summed E-state index contributed by atoms with van der Waals surface area (Å²) in [6, 6.07) is 27.0. The van der Waals surface area contributed by atoms with Crippen LogP contribution in [0, 0.1) is 6.92 Å². The second kappa shape index (κ2) is 14.0. The van der Waals surface area contributed by atoms with Gasteiger partial charge in [-0.25, -0.2) is 0 Å². The monoisotopic (exact) mass is 472 g/mol. The Morgan fingerprint density at radius 3 is 2.29 bits per heavy atom. The Hall–Kier alpha value is -3.60. The molecule has 0 aromatic heterocycles. The minimum absolute atomic E-state index is 0.0456. The van der Waals surface area contributed by atoms with Gasteiger partial charge in [-0.15, -0.1) is 0 Å². The highest BCUT2D eigenvalue weighted by atomic mass is 16.5. The number of rotatable bonds is 13. The third-order valence-corrected chi connectivity index (χ3v) is 5.80. The molecule has 1 N–H and O–H groups in total. The number of para-hydroxylation sites is 1. The zero-order valence-electron chi connectivity index (χ0n) is 20.8. The van der Waals surface area contributed by atoms with Gasteiger partial charge >= 0.3 is 0 Å². The van der Waals surface area contributed by atoms with Crippen LogP contribution in [0.1, 0.15) is 42.9 Å². The zero-order valence-corrected chi connectivity index (χ0v) is 20.8. The van der Waals surface area contributed by atoms with Crippen LogP contribution < -0.4 is 10.1 Å². The third kappa shape index (κ3) is 8.60. The van der Waals surface area contributed by atoms with Gasteiger partial charge in [0, 0.05) is 25.9 Å². The Kier molecular flexibility index (Phi) is 10.4. The van der Waals surface area contributed by atoms with Crippen molar-refractivity contribution < 1.29 is 14.3 Å². The van der Waals surface area contributed by atoms with Crippen LogP contribution in [0.2, 0.25) is 0 Å². The molecule has 184 valence electrons. The average Bonchev–Trinajstić information content (AvgIpc) is 2.88. The number of carbonyl (C=O) groups excluding carboxylic acids is 2. The highest BCUT2D eigenvalue weighted by Crippen LogP contribution is 2.17. The maximum atomic E-state index is 13.5. The molecule has 0 spiro atoms. The van der Waals surface area contributed by atoms with Crippen LogP contribution in [0.5, 0.6) is 5.75 Å². The van der Waals surface area contributed by atoms with Crippen molar-refractivity contribution in [1.82, 2.24) is 10.2 Å². The first-order chi connectivity index (χ1) is 17.1. The summed E-state index contributed by atoms with van der Waals surface area (Å²) >= 11 is 0. The van der Waals surface area contributed by atoms with Crippen LogP contribution in [0.15, 0.2) is 84.9 Å². The smallest absolute Gasteiger partial charge is 0.243 e. The Morgan fingerprint density at radius 1 is 0.914 bits per heavy atom. The van der Waals surface area contributed by atoms with Crippen molar-refractivity contribution in [3.8, 4) is 5.75 Å². The van der Waals surface area contributed by atoms with Crippen LogP contribution in [0.25, 0.3) is 0 Å². The summed E-state index contributed by atoms with van der Waals surface area (Å²) in [6.45, 7) is 5.47. The van der Waals surface area contributed by atoms with Gasteiger partial charge in [0.25, 0.3) is 0 Å². The Morgan fingerprint density at radius 2 is 1.60 bits per heavy atom. The van der Waals surface area contributed by atoms with E-state index >= 15 is 0 Å². The van der Waals surface area contributed by atoms with E-state index in [2.05, 4.69) is 11.4 Å². The van der Waals surface area contributed by atoms with Crippen LogP contribution in [0.4, 0.5) is 0 Å². The lowest BCUT2D eigenvalue weighted by Crippen LogP contribution is -2.50. The first kappa shape index (κ1) is 26.0. The number of amides is 2. The van der Waals surface area contributed by atoms with Gasteiger partial charge in [0.05, 0.1) is 6.61 Å². The zero-order chi connectivity index (χ0) is 24.9. The fourth-order valence-corrected chi connectivity index (χ4v) is 4.00. The molecule has 0 aliphatic heterocycles. The predicted molar refractivity (Wildman–Crippen MR) is 140 cm³/mol. The molecule has 0 unspecified atom stereocenters. The maximum Gasteiger partial charge on any atom is 0.243 e. The molecule has 3 rings (SSSR count). The molecule has 0 fully saturated rings. The Bertz CT molecular complexity index is 1050. The lowest BCUT2D eigenvalue weighted by atomic mass is 10.0. The highest BCUT2D eigenvalue weighted by molar-refractivity contribution is 5.88. The van der Waals surface area contributed by atoms with Gasteiger partial charge in [0.15, 0.2) is 0 Å². The molecule has 3 aromatic rings. The first-order valence-corrected chi connectivity index (χ1v) is 12.4. The summed E-state index contributed by atoms with van der Waals surface area (Å²) in [5, 5.41) is 3.02. The average molecular weight is 473 g/mol. The van der Waals surface area contributed by atoms with E-state index in [4.69, 9.17) is 4.74 Å². The topological polar surface area (TPSA) is 58.6 Å². The maximum absolute atomic E-state index is 13.5. The molecule has 0 heterocycles. The van der Waals surface area contributed by atoms with E-state index in [1.54, 1.807) is 4.90 Å². The van der Waals surface area contributed by atoms with Crippen LogP contribution in [0.3, 0.4) is 0 Å². The molecule has 0 aliphatic rings. The van der Waals surface area contributed by atoms with Crippen molar-refractivity contribution in [3.63, 3.8) is 0 Å². The molecule has 1 atom stereocenters. The van der Waals surface area contributed by atoms with Crippen molar-refractivity contribution in [3.05, 3.63) is 102 Å². The number of benzene rings is 3. The van der Waals surface area contributed by atoms with Crippen LogP contribution in [-0.4, -0.2) is 35.9 Å². The molecular formula is C30H36N2O3. The number of nitrogens with zero attached hydrogens (tertiary/aromatic N) is 1. The fourth-order valence-electron chi connectivity index (χ4n) is 4.00. The van der Waals surface area contributed by atoms with Gasteiger partial charge in [-0.3, -0.25) is 9.59 Å². The minimum Gasteiger partial charge on any atom is -0.494 e. The number of hydrogen-bond acceptors (Lipinski definition) is 3. The van der Waals surface area contributed by atoms with Crippen LogP contribution >= 0.6 is 0 Å². The fraction of sp³-hybridized carbons (Fsp3) is 0.333. The van der Waals surface area contributed by atoms with Crippen LogP contribution in [-0.2, 0) is 22.6 Å². The second-order valence-electron chi connectivity index (χ2n) is 8.77. The minimum atomic E-state index is -0.591. The summed E-state index contributed by atoms with van der Waals surface area (Å²) in [7, 11) is 0. The lowest BCUT2D eigenvalue weighted by Gasteiger charge is -2.31. The summed E-state index contributed by atoms with van der Waals surface area (Å²) in [4.78, 5) is 28.6. The van der Waals surface area contributed by atoms with Gasteiger partial charge in [-0.05, 0) is 43.0 Å². The second-order valence-corrected chi connectivity index (χ2v) is 8.77. The molecule has 5 nitrogen and oxygen atoms in total. The number of hydrogen-bond donors (Lipinski definition) is 1. The van der Waals surface area contributed by atoms with Crippen molar-refractivity contribution in [2.45, 2.75) is 52.1 Å². The quantitative estimate of drug-likeness (QED) is 0.343. The largest absolute Gasteiger partial charge is 0.494 e. The number of nitrogens with one attached hydrogen (secondary N) is 1. The van der Waals surface area contributed by atoms with Gasteiger partial charge in [0.1, 0.15) is 11.8 Å². The molecule has 5 heteroatoms. The standard InChI is InChI=1S/C30H36N2O3/c1-3-19-31-30(34)28(22-25-13-6-4-7-14-25)32(23-26-15-10-12-24(2)21-26)29(33)18-11-20-35-27-16-8-5-9-17-27/h4-10,12-17,21,28H,3,11,18-20,22-23H2,1-2H3,(H,31,34)/t28-/m1/s1. The van der Waals surface area contributed by atoms with E-state index in [1.165, 1.54) is 0 Å². The molecular weight excluding hydrogens is 436 g/mol. The summed E-state index contributed by atoms with van der Waals surface area (Å²) < 4.78 is 5.78. The normalized spacial score (nSPS) is 11.5. The molecule has 0 radical (unpaired) electrons. The summed E-state index contributed by atoms with van der Waals surface area (Å²) in [5.41, 5.74) is 3.17. The Balaban J connectivity index is 1.78. The summed E-state index contributed by atoms with van der Waals surface area (Å²) in [5.74, 6) is 0.630. The van der Waals surface area contributed by atoms with E-state index in [0.29, 0.717) is 39.0 Å². The molecule has 0 bridgehead atoms. The van der Waals surface area contributed by atoms with Gasteiger partial charge < -0.3 is 15.0 Å². The van der Waals surface area contributed by atoms with Gasteiger partial charge in [-0.1, -0.05) is 85.3 Å². The van der Waals surface area contributed by atoms with E-state index in [9.17, 15) is 9.59 Å². The SMILES string of the molecule is CCCNC(=O)[C@@H](Cc1ccccc1)N(Cc1cccc(C)c1)C(=O)CCCOc1ccccc1. The molecule has 0 saturated carbocycles. The Labute approximate surface area is 209 Å². The predicted octanol–water partition coefficient (Wildman–Crippen LogP) is 5.32. The molecule has 35 heavy (non-hydrogen) atoms. The van der Waals surface area contributed by atoms with Crippen molar-refractivity contribution in [1.29, 1.82) is 0 Å². The van der Waals surface area contributed by atoms with Crippen molar-refractivity contribution in [2.75, 3.05) is 13.2 Å². The molecule has 0 aliphatic carbocycles. The van der Waals surface area contributed by atoms with Crippen molar-refractivity contribution >= 4 is 11.8 Å². The first-order valence-electron chi connectivity index (χ1n) is 12.4. The van der Waals surface area contributed by atoms with E-state index < -0.39 is 6.04 Å². The van der Waals surface area contributed by atoms with Gasteiger partial charge in [-0.2, -0.15) is 0 Å². The van der Waals surface area contributed by atoms with E-state index in [0.717, 1.165) is 28.9 Å². The number of aryl methyl sites for hydroxylation is 1. The van der Waals surface area contributed by atoms with E-state index in [1.807, 2.05) is 92.7 Å². The summed E-state index contributed by atoms with van der Waals surface area (Å²) in [6.07, 6.45) is 2.19. The molecule has 3 aromatic carbocycles. The molecule has 0 saturated heterocycles. The lowest BCUT2D eigenvalue weighted by molar-refractivity contribution is -0.141. The highest BCUT2D eigenvalue weighted by Gasteiger charge is 2.30. The van der Waals surface area contributed by atoms with E-state index in [-0.39, 0.29) is 11.8 Å². The number of carbonyl (C=O) groups is 2. The molecule has 2 amide bonds. The third-order valence-electron chi connectivity index (χ3n) is 5.80. The van der Waals surface area contributed by atoms with Gasteiger partial charge in [0.2, 0.25) is 11.8 Å². The van der Waals surface area contributed by atoms with Crippen molar-refractivity contribution in [2.24, 2.45) is 0 Å². The number of ether oxygens (including phenoxy) is 1.